The molecule has 0 bridgehead atoms. The van der Waals surface area contributed by atoms with Gasteiger partial charge in [-0.05, 0) is 55.7 Å². The van der Waals surface area contributed by atoms with Gasteiger partial charge in [0, 0.05) is 10.6 Å². The number of rotatable bonds is 5. The maximum atomic E-state index is 13.2. The van der Waals surface area contributed by atoms with E-state index < -0.39 is 17.8 Å². The van der Waals surface area contributed by atoms with Crippen molar-refractivity contribution < 1.29 is 19.5 Å². The Bertz CT molecular complexity index is 1030. The molecule has 0 spiro atoms. The number of amides is 2. The molecule has 2 aliphatic carbocycles. The number of para-hydroxylation sites is 1. The highest BCUT2D eigenvalue weighted by molar-refractivity contribution is 7.17. The lowest BCUT2D eigenvalue weighted by molar-refractivity contribution is -0.146. The Hall–Kier alpha value is -2.93. The summed E-state index contributed by atoms with van der Waals surface area (Å²) < 4.78 is 0. The van der Waals surface area contributed by atoms with Crippen LogP contribution in [0.4, 0.5) is 10.7 Å². The van der Waals surface area contributed by atoms with Gasteiger partial charge in [-0.25, -0.2) is 0 Å². The quantitative estimate of drug-likeness (QED) is 0.588. The predicted molar refractivity (Wildman–Crippen MR) is 122 cm³/mol. The van der Waals surface area contributed by atoms with E-state index >= 15 is 0 Å². The first kappa shape index (κ1) is 21.3. The van der Waals surface area contributed by atoms with Crippen LogP contribution in [0.1, 0.15) is 47.0 Å². The van der Waals surface area contributed by atoms with Crippen LogP contribution in [0.25, 0.3) is 0 Å². The number of carboxylic acid groups (broad SMARTS) is 1. The molecule has 2 aromatic rings. The third-order valence-corrected chi connectivity index (χ3v) is 7.26. The van der Waals surface area contributed by atoms with Crippen LogP contribution in [0.15, 0.2) is 42.5 Å². The van der Waals surface area contributed by atoms with Gasteiger partial charge in [-0.2, -0.15) is 0 Å². The highest BCUT2D eigenvalue weighted by Gasteiger charge is 2.35. The molecule has 6 nitrogen and oxygen atoms in total. The molecule has 31 heavy (non-hydrogen) atoms. The number of benzene rings is 1. The largest absolute Gasteiger partial charge is 0.481 e. The van der Waals surface area contributed by atoms with Crippen molar-refractivity contribution in [2.24, 2.45) is 17.8 Å². The molecule has 0 aliphatic heterocycles. The number of thiophene rings is 1. The van der Waals surface area contributed by atoms with Gasteiger partial charge in [0.25, 0.3) is 5.91 Å². The fraction of sp³-hybridized carbons (Fsp3) is 0.375. The first-order valence-corrected chi connectivity index (χ1v) is 11.4. The zero-order valence-corrected chi connectivity index (χ0v) is 18.2. The van der Waals surface area contributed by atoms with Gasteiger partial charge in [0.1, 0.15) is 5.00 Å². The van der Waals surface area contributed by atoms with Crippen molar-refractivity contribution in [1.29, 1.82) is 0 Å². The van der Waals surface area contributed by atoms with Gasteiger partial charge in [0.15, 0.2) is 0 Å². The zero-order chi connectivity index (χ0) is 22.0. The molecule has 0 radical (unpaired) electrons. The normalized spacial score (nSPS) is 22.4. The van der Waals surface area contributed by atoms with Crippen LogP contribution in [0.3, 0.4) is 0 Å². The van der Waals surface area contributed by atoms with Crippen LogP contribution >= 0.6 is 11.3 Å². The smallest absolute Gasteiger partial charge is 0.307 e. The summed E-state index contributed by atoms with van der Waals surface area (Å²) in [6.07, 6.45) is 7.07. The van der Waals surface area contributed by atoms with Crippen molar-refractivity contribution in [3.63, 3.8) is 0 Å². The maximum Gasteiger partial charge on any atom is 0.307 e. The van der Waals surface area contributed by atoms with E-state index in [1.165, 1.54) is 11.3 Å². The fourth-order valence-corrected chi connectivity index (χ4v) is 5.79. The Morgan fingerprint density at radius 3 is 2.45 bits per heavy atom. The topological polar surface area (TPSA) is 95.5 Å². The number of aliphatic carboxylic acids is 1. The highest BCUT2D eigenvalue weighted by atomic mass is 32.1. The van der Waals surface area contributed by atoms with E-state index in [-0.39, 0.29) is 11.8 Å². The van der Waals surface area contributed by atoms with Crippen molar-refractivity contribution in [2.45, 2.75) is 39.0 Å². The first-order chi connectivity index (χ1) is 14.9. The van der Waals surface area contributed by atoms with E-state index in [1.54, 1.807) is 0 Å². The van der Waals surface area contributed by atoms with Crippen LogP contribution in [-0.2, 0) is 22.4 Å². The molecule has 3 N–H and O–H groups in total. The number of nitrogens with one attached hydrogen (secondary N) is 2. The summed E-state index contributed by atoms with van der Waals surface area (Å²) in [4.78, 5) is 39.0. The molecule has 0 saturated heterocycles. The first-order valence-electron chi connectivity index (χ1n) is 10.6. The Labute approximate surface area is 185 Å². The third kappa shape index (κ3) is 4.56. The molecule has 1 aromatic heterocycles. The predicted octanol–water partition coefficient (Wildman–Crippen LogP) is 4.73. The van der Waals surface area contributed by atoms with E-state index in [0.29, 0.717) is 35.0 Å². The molecule has 7 heteroatoms. The van der Waals surface area contributed by atoms with Crippen molar-refractivity contribution in [2.75, 3.05) is 10.6 Å². The number of hydrogen-bond donors (Lipinski definition) is 3. The molecule has 0 unspecified atom stereocenters. The highest BCUT2D eigenvalue weighted by Crippen LogP contribution is 2.40. The lowest BCUT2D eigenvalue weighted by Crippen LogP contribution is -2.35. The lowest BCUT2D eigenvalue weighted by Gasteiger charge is -2.24. The Kier molecular flexibility index (Phi) is 6.23. The lowest BCUT2D eigenvalue weighted by atomic mass is 9.82. The Morgan fingerprint density at radius 1 is 1.03 bits per heavy atom. The number of allylic oxidation sites excluding steroid dienone is 2. The molecule has 2 aliphatic rings. The van der Waals surface area contributed by atoms with Crippen molar-refractivity contribution in [3.05, 3.63) is 58.5 Å². The molecule has 4 rings (SSSR count). The van der Waals surface area contributed by atoms with Crippen LogP contribution in [0.5, 0.6) is 0 Å². The SMILES string of the molecule is C[C@H]1CCc2c(sc(NC(=O)[C@H]3CC=CC[C@@H]3C(=O)O)c2C(=O)Nc2ccccc2)C1. The average Bonchev–Trinajstić information content (AvgIpc) is 3.11. The van der Waals surface area contributed by atoms with Crippen molar-refractivity contribution in [3.8, 4) is 0 Å². The number of fused-ring (bicyclic) bond motifs is 1. The van der Waals surface area contributed by atoms with Gasteiger partial charge >= 0.3 is 5.97 Å². The van der Waals surface area contributed by atoms with Gasteiger partial charge < -0.3 is 15.7 Å². The minimum absolute atomic E-state index is 0.244. The minimum atomic E-state index is -0.967. The molecular weight excluding hydrogens is 412 g/mol. The van der Waals surface area contributed by atoms with E-state index in [9.17, 15) is 19.5 Å². The van der Waals surface area contributed by atoms with Gasteiger partial charge in [-0.1, -0.05) is 37.3 Å². The second kappa shape index (κ2) is 9.06. The summed E-state index contributed by atoms with van der Waals surface area (Å²) >= 11 is 1.45. The number of anilines is 2. The van der Waals surface area contributed by atoms with E-state index in [0.717, 1.165) is 29.7 Å². The number of carbonyl (C=O) groups excluding carboxylic acids is 2. The fourth-order valence-electron chi connectivity index (χ4n) is 4.38. The molecule has 0 saturated carbocycles. The van der Waals surface area contributed by atoms with E-state index in [1.807, 2.05) is 42.5 Å². The summed E-state index contributed by atoms with van der Waals surface area (Å²) in [7, 11) is 0. The van der Waals surface area contributed by atoms with Crippen LogP contribution in [-0.4, -0.2) is 22.9 Å². The molecule has 162 valence electrons. The molecule has 2 amide bonds. The van der Waals surface area contributed by atoms with E-state index in [4.69, 9.17) is 0 Å². The van der Waals surface area contributed by atoms with Gasteiger partial charge in [0.2, 0.25) is 5.91 Å². The molecule has 1 aromatic carbocycles. The van der Waals surface area contributed by atoms with Crippen LogP contribution in [0.2, 0.25) is 0 Å². The van der Waals surface area contributed by atoms with E-state index in [2.05, 4.69) is 17.6 Å². The average molecular weight is 439 g/mol. The molecule has 0 fully saturated rings. The van der Waals surface area contributed by atoms with Gasteiger partial charge in [0.05, 0.1) is 17.4 Å². The molecule has 3 atom stereocenters. The second-order valence-electron chi connectivity index (χ2n) is 8.36. The van der Waals surface area contributed by atoms with Crippen LogP contribution in [0, 0.1) is 17.8 Å². The number of hydrogen-bond acceptors (Lipinski definition) is 4. The van der Waals surface area contributed by atoms with Gasteiger partial charge in [-0.15, -0.1) is 11.3 Å². The number of carboxylic acids is 1. The van der Waals surface area contributed by atoms with Crippen molar-refractivity contribution >= 4 is 39.8 Å². The summed E-state index contributed by atoms with van der Waals surface area (Å²) in [5.74, 6) is -2.42. The number of carbonyl (C=O) groups is 3. The van der Waals surface area contributed by atoms with Crippen LogP contribution < -0.4 is 10.6 Å². The maximum absolute atomic E-state index is 13.2. The Balaban J connectivity index is 1.63. The summed E-state index contributed by atoms with van der Waals surface area (Å²) in [6.45, 7) is 2.19. The summed E-state index contributed by atoms with van der Waals surface area (Å²) in [5, 5.41) is 15.9. The monoisotopic (exact) mass is 438 g/mol. The summed E-state index contributed by atoms with van der Waals surface area (Å²) in [5.41, 5.74) is 2.21. The Morgan fingerprint density at radius 2 is 1.74 bits per heavy atom. The van der Waals surface area contributed by atoms with Gasteiger partial charge in [-0.3, -0.25) is 14.4 Å². The minimum Gasteiger partial charge on any atom is -0.481 e. The zero-order valence-electron chi connectivity index (χ0n) is 17.4. The third-order valence-electron chi connectivity index (χ3n) is 6.09. The standard InChI is InChI=1S/C24H26N2O4S/c1-14-11-12-18-19(13-14)31-23(20(18)22(28)25-15-7-3-2-4-8-15)26-21(27)16-9-5-6-10-17(16)24(29)30/h2-8,14,16-17H,9-13H2,1H3,(H,25,28)(H,26,27)(H,29,30)/t14-,16-,17-/m0/s1. The molecule has 1 heterocycles. The second-order valence-corrected chi connectivity index (χ2v) is 9.46. The molecular formula is C24H26N2O4S. The summed E-state index contributed by atoms with van der Waals surface area (Å²) in [6, 6.07) is 9.23. The van der Waals surface area contributed by atoms with Crippen molar-refractivity contribution in [1.82, 2.24) is 0 Å².